The predicted molar refractivity (Wildman–Crippen MR) is 74.6 cm³/mol. The van der Waals surface area contributed by atoms with Gasteiger partial charge in [0.05, 0.1) is 14.2 Å². The summed E-state index contributed by atoms with van der Waals surface area (Å²) < 4.78 is 24.4. The number of para-hydroxylation sites is 1. The van der Waals surface area contributed by atoms with Gasteiger partial charge in [-0.05, 0) is 25.1 Å². The highest BCUT2D eigenvalue weighted by atomic mass is 19.1. The molecule has 4 heteroatoms. The van der Waals surface area contributed by atoms with Gasteiger partial charge >= 0.3 is 0 Å². The molecule has 2 rings (SSSR count). The first-order valence-corrected chi connectivity index (χ1v) is 6.20. The summed E-state index contributed by atoms with van der Waals surface area (Å²) in [5.41, 5.74) is -0.822. The van der Waals surface area contributed by atoms with Gasteiger partial charge in [-0.3, -0.25) is 0 Å². The fourth-order valence-corrected chi connectivity index (χ4v) is 2.21. The molecule has 0 heterocycles. The summed E-state index contributed by atoms with van der Waals surface area (Å²) in [5.74, 6) is 0.384. The number of benzene rings is 2. The lowest BCUT2D eigenvalue weighted by molar-refractivity contribution is 0.0947. The normalized spacial score (nSPS) is 13.7. The van der Waals surface area contributed by atoms with Gasteiger partial charge in [-0.2, -0.15) is 0 Å². The molecule has 3 nitrogen and oxygen atoms in total. The van der Waals surface area contributed by atoms with Crippen molar-refractivity contribution in [2.24, 2.45) is 0 Å². The van der Waals surface area contributed by atoms with Gasteiger partial charge in [0, 0.05) is 17.2 Å². The van der Waals surface area contributed by atoms with E-state index in [1.54, 1.807) is 30.3 Å². The van der Waals surface area contributed by atoms with Crippen molar-refractivity contribution in [2.75, 3.05) is 14.2 Å². The van der Waals surface area contributed by atoms with Crippen LogP contribution in [0.3, 0.4) is 0 Å². The van der Waals surface area contributed by atoms with E-state index >= 15 is 0 Å². The van der Waals surface area contributed by atoms with Crippen LogP contribution < -0.4 is 9.47 Å². The third-order valence-corrected chi connectivity index (χ3v) is 3.33. The lowest BCUT2D eigenvalue weighted by atomic mass is 9.87. The van der Waals surface area contributed by atoms with Crippen molar-refractivity contribution in [3.63, 3.8) is 0 Å². The second-order valence-corrected chi connectivity index (χ2v) is 4.62. The molecule has 0 radical (unpaired) electrons. The van der Waals surface area contributed by atoms with E-state index in [4.69, 9.17) is 9.47 Å². The maximum absolute atomic E-state index is 14.2. The van der Waals surface area contributed by atoms with Crippen LogP contribution in [0.15, 0.2) is 42.5 Å². The molecule has 2 aromatic rings. The van der Waals surface area contributed by atoms with E-state index in [0.717, 1.165) is 0 Å². The molecule has 0 aliphatic heterocycles. The van der Waals surface area contributed by atoms with Gasteiger partial charge in [0.25, 0.3) is 0 Å². The summed E-state index contributed by atoms with van der Waals surface area (Å²) in [6, 6.07) is 11.4. The quantitative estimate of drug-likeness (QED) is 0.932. The highest BCUT2D eigenvalue weighted by Crippen LogP contribution is 2.37. The molecule has 0 spiro atoms. The molecule has 0 aliphatic rings. The van der Waals surface area contributed by atoms with E-state index in [2.05, 4.69) is 0 Å². The van der Waals surface area contributed by atoms with Crippen molar-refractivity contribution in [3.05, 3.63) is 59.4 Å². The molecule has 2 aromatic carbocycles. The van der Waals surface area contributed by atoms with Crippen molar-refractivity contribution >= 4 is 0 Å². The Morgan fingerprint density at radius 3 is 2.30 bits per heavy atom. The Morgan fingerprint density at radius 2 is 1.70 bits per heavy atom. The molecule has 1 unspecified atom stereocenters. The minimum absolute atomic E-state index is 0.169. The Hall–Kier alpha value is -2.07. The van der Waals surface area contributed by atoms with E-state index < -0.39 is 11.4 Å². The predicted octanol–water partition coefficient (Wildman–Crippen LogP) is 3.10. The van der Waals surface area contributed by atoms with E-state index in [0.29, 0.717) is 17.1 Å². The molecule has 1 N–H and O–H groups in total. The van der Waals surface area contributed by atoms with Gasteiger partial charge in [0.1, 0.15) is 22.9 Å². The third-order valence-electron chi connectivity index (χ3n) is 3.33. The zero-order valence-corrected chi connectivity index (χ0v) is 11.7. The smallest absolute Gasteiger partial charge is 0.133 e. The van der Waals surface area contributed by atoms with Crippen LogP contribution in [0.1, 0.15) is 18.1 Å². The topological polar surface area (TPSA) is 38.7 Å². The van der Waals surface area contributed by atoms with Crippen LogP contribution in [0.4, 0.5) is 4.39 Å². The molecule has 106 valence electrons. The number of hydrogen-bond acceptors (Lipinski definition) is 3. The lowest BCUT2D eigenvalue weighted by Crippen LogP contribution is -2.25. The number of ether oxygens (including phenoxy) is 2. The van der Waals surface area contributed by atoms with Gasteiger partial charge in [-0.15, -0.1) is 0 Å². The number of aliphatic hydroxyl groups is 1. The van der Waals surface area contributed by atoms with Crippen LogP contribution >= 0.6 is 0 Å². The standard InChI is InChI=1S/C16H17FO3/c1-16(18,13-6-4-5-7-15(13)20-3)12-9-8-11(19-2)10-14(12)17/h4-10,18H,1-3H3. The maximum Gasteiger partial charge on any atom is 0.133 e. The Bertz CT molecular complexity index is 608. The fraction of sp³-hybridized carbons (Fsp3) is 0.250. The second-order valence-electron chi connectivity index (χ2n) is 4.62. The fourth-order valence-electron chi connectivity index (χ4n) is 2.21. The number of hydrogen-bond donors (Lipinski definition) is 1. The SMILES string of the molecule is COc1ccc(C(C)(O)c2ccccc2OC)c(F)c1. The highest BCUT2D eigenvalue weighted by molar-refractivity contribution is 5.45. The lowest BCUT2D eigenvalue weighted by Gasteiger charge is -2.26. The Kier molecular flexibility index (Phi) is 3.95. The summed E-state index contributed by atoms with van der Waals surface area (Å²) >= 11 is 0. The Labute approximate surface area is 117 Å². The van der Waals surface area contributed by atoms with Crippen molar-refractivity contribution in [2.45, 2.75) is 12.5 Å². The zero-order valence-electron chi connectivity index (χ0n) is 11.7. The third kappa shape index (κ3) is 2.47. The molecular weight excluding hydrogens is 259 g/mol. The number of methoxy groups -OCH3 is 2. The van der Waals surface area contributed by atoms with Gasteiger partial charge in [-0.1, -0.05) is 18.2 Å². The molecule has 0 amide bonds. The van der Waals surface area contributed by atoms with E-state index in [9.17, 15) is 9.50 Å². The van der Waals surface area contributed by atoms with Crippen LogP contribution in [-0.4, -0.2) is 19.3 Å². The molecule has 0 bridgehead atoms. The van der Waals surface area contributed by atoms with Gasteiger partial charge < -0.3 is 14.6 Å². The summed E-state index contributed by atoms with van der Waals surface area (Å²) in [6.45, 7) is 1.54. The van der Waals surface area contributed by atoms with Crippen LogP contribution in [-0.2, 0) is 5.60 Å². The van der Waals surface area contributed by atoms with Crippen LogP contribution in [0.5, 0.6) is 11.5 Å². The molecule has 1 atom stereocenters. The van der Waals surface area contributed by atoms with Crippen molar-refractivity contribution in [1.82, 2.24) is 0 Å². The molecular formula is C16H17FO3. The van der Waals surface area contributed by atoms with Crippen molar-refractivity contribution < 1.29 is 19.0 Å². The minimum atomic E-state index is -1.50. The second kappa shape index (κ2) is 5.51. The minimum Gasteiger partial charge on any atom is -0.497 e. The summed E-state index contributed by atoms with van der Waals surface area (Å²) in [7, 11) is 2.98. The molecule has 0 fully saturated rings. The van der Waals surface area contributed by atoms with Crippen LogP contribution in [0.2, 0.25) is 0 Å². The number of halogens is 1. The molecule has 20 heavy (non-hydrogen) atoms. The van der Waals surface area contributed by atoms with Crippen molar-refractivity contribution in [1.29, 1.82) is 0 Å². The molecule has 0 aromatic heterocycles. The average Bonchev–Trinajstić information content (AvgIpc) is 2.46. The average molecular weight is 276 g/mol. The van der Waals surface area contributed by atoms with E-state index in [1.807, 2.05) is 0 Å². The van der Waals surface area contributed by atoms with Gasteiger partial charge in [0.2, 0.25) is 0 Å². The molecule has 0 aliphatic carbocycles. The summed E-state index contributed by atoms with van der Waals surface area (Å²) in [6.07, 6.45) is 0. The molecule has 0 saturated carbocycles. The largest absolute Gasteiger partial charge is 0.497 e. The summed E-state index contributed by atoms with van der Waals surface area (Å²) in [4.78, 5) is 0. The first-order valence-electron chi connectivity index (χ1n) is 6.20. The zero-order chi connectivity index (χ0) is 14.8. The highest BCUT2D eigenvalue weighted by Gasteiger charge is 2.31. The van der Waals surface area contributed by atoms with Crippen LogP contribution in [0, 0.1) is 5.82 Å². The summed E-state index contributed by atoms with van der Waals surface area (Å²) in [5, 5.41) is 10.8. The van der Waals surface area contributed by atoms with E-state index in [-0.39, 0.29) is 5.56 Å². The van der Waals surface area contributed by atoms with Gasteiger partial charge in [-0.25, -0.2) is 4.39 Å². The van der Waals surface area contributed by atoms with Crippen LogP contribution in [0.25, 0.3) is 0 Å². The number of rotatable bonds is 4. The van der Waals surface area contributed by atoms with Gasteiger partial charge in [0.15, 0.2) is 0 Å². The van der Waals surface area contributed by atoms with Crippen molar-refractivity contribution in [3.8, 4) is 11.5 Å². The Morgan fingerprint density at radius 1 is 1.00 bits per heavy atom. The molecule has 0 saturated heterocycles. The monoisotopic (exact) mass is 276 g/mol. The first-order chi connectivity index (χ1) is 9.50. The maximum atomic E-state index is 14.2. The first kappa shape index (κ1) is 14.3. The Balaban J connectivity index is 2.54. The van der Waals surface area contributed by atoms with E-state index in [1.165, 1.54) is 33.3 Å².